The molecule has 1 aliphatic carbocycles. The van der Waals surface area contributed by atoms with Gasteiger partial charge in [0.25, 0.3) is 5.56 Å². The molecule has 9 nitrogen and oxygen atoms in total. The first kappa shape index (κ1) is 23.0. The lowest BCUT2D eigenvalue weighted by atomic mass is 9.78. The Hall–Kier alpha value is -3.19. The molecule has 2 heterocycles. The van der Waals surface area contributed by atoms with Crippen LogP contribution in [-0.4, -0.2) is 36.0 Å². The molecule has 1 aromatic carbocycles. The molecule has 4 rings (SSSR count). The summed E-state index contributed by atoms with van der Waals surface area (Å²) < 4.78 is 68.6. The summed E-state index contributed by atoms with van der Waals surface area (Å²) in [4.78, 5) is 30.0. The van der Waals surface area contributed by atoms with Crippen molar-refractivity contribution in [1.29, 1.82) is 0 Å². The minimum atomic E-state index is -4.48. The molecule has 3 N–H and O–H groups in total. The lowest BCUT2D eigenvalue weighted by Crippen LogP contribution is -2.43. The number of benzene rings is 1. The Kier molecular flexibility index (Phi) is 5.56. The number of anilines is 1. The fourth-order valence-corrected chi connectivity index (χ4v) is 5.37. The normalized spacial score (nSPS) is 18.8. The molecule has 0 radical (unpaired) electrons. The van der Waals surface area contributed by atoms with E-state index in [1.54, 1.807) is 0 Å². The summed E-state index contributed by atoms with van der Waals surface area (Å²) >= 11 is 0. The van der Waals surface area contributed by atoms with E-state index in [1.165, 1.54) is 30.8 Å². The van der Waals surface area contributed by atoms with Crippen LogP contribution in [0, 0.1) is 0 Å². The summed E-state index contributed by atoms with van der Waals surface area (Å²) in [5, 5.41) is 2.79. The maximum absolute atomic E-state index is 13.1. The molecule has 0 unspecified atom stereocenters. The third kappa shape index (κ3) is 4.25. The Morgan fingerprint density at radius 3 is 2.52 bits per heavy atom. The predicted molar refractivity (Wildman–Crippen MR) is 115 cm³/mol. The van der Waals surface area contributed by atoms with Crippen LogP contribution in [-0.2, 0) is 23.2 Å². The zero-order valence-corrected chi connectivity index (χ0v) is 18.3. The van der Waals surface area contributed by atoms with Crippen molar-refractivity contribution in [3.63, 3.8) is 0 Å². The van der Waals surface area contributed by atoms with Gasteiger partial charge in [-0.2, -0.15) is 13.2 Å². The second kappa shape index (κ2) is 7.99. The number of nitrogens with zero attached hydrogens (tertiary/aromatic N) is 2. The summed E-state index contributed by atoms with van der Waals surface area (Å²) in [5.41, 5.74) is -1.45. The number of hydrogen-bond acceptors (Lipinski definition) is 6. The van der Waals surface area contributed by atoms with Crippen molar-refractivity contribution in [2.24, 2.45) is 7.05 Å². The molecule has 1 aliphatic rings. The summed E-state index contributed by atoms with van der Waals surface area (Å²) in [6.45, 7) is 0. The summed E-state index contributed by atoms with van der Waals surface area (Å²) in [6.07, 6.45) is -2.83. The first-order valence-corrected chi connectivity index (χ1v) is 11.4. The lowest BCUT2D eigenvalue weighted by molar-refractivity contribution is -0.137. The van der Waals surface area contributed by atoms with Crippen LogP contribution in [0.25, 0.3) is 10.9 Å². The number of hydrogen-bond donors (Lipinski definition) is 3. The van der Waals surface area contributed by atoms with Crippen LogP contribution in [0.2, 0.25) is 0 Å². The first-order valence-electron chi connectivity index (χ1n) is 9.91. The zero-order chi connectivity index (χ0) is 24.1. The minimum absolute atomic E-state index is 0.0242. The third-order valence-electron chi connectivity index (χ3n) is 5.77. The van der Waals surface area contributed by atoms with Gasteiger partial charge in [0.15, 0.2) is 0 Å². The van der Waals surface area contributed by atoms with Gasteiger partial charge in [-0.25, -0.2) is 17.9 Å². The van der Waals surface area contributed by atoms with Crippen molar-refractivity contribution in [3.05, 3.63) is 62.6 Å². The van der Waals surface area contributed by atoms with Gasteiger partial charge in [0.1, 0.15) is 4.90 Å². The van der Waals surface area contributed by atoms with Gasteiger partial charge in [0.2, 0.25) is 10.0 Å². The van der Waals surface area contributed by atoms with Crippen LogP contribution < -0.4 is 21.3 Å². The summed E-state index contributed by atoms with van der Waals surface area (Å²) in [6, 6.07) is 3.95. The molecule has 13 heteroatoms. The van der Waals surface area contributed by atoms with E-state index in [-0.39, 0.29) is 45.9 Å². The maximum atomic E-state index is 13.1. The van der Waals surface area contributed by atoms with Gasteiger partial charge in [0, 0.05) is 37.9 Å². The topological polar surface area (TPSA) is 126 Å². The van der Waals surface area contributed by atoms with Crippen molar-refractivity contribution < 1.29 is 21.6 Å². The van der Waals surface area contributed by atoms with E-state index in [0.29, 0.717) is 0 Å². The monoisotopic (exact) mass is 483 g/mol. The predicted octanol–water partition coefficient (Wildman–Crippen LogP) is 1.91. The number of sulfonamides is 1. The molecule has 0 atom stereocenters. The quantitative estimate of drug-likeness (QED) is 0.509. The zero-order valence-electron chi connectivity index (χ0n) is 17.5. The highest BCUT2D eigenvalue weighted by molar-refractivity contribution is 7.89. The van der Waals surface area contributed by atoms with Gasteiger partial charge in [-0.3, -0.25) is 19.3 Å². The highest BCUT2D eigenvalue weighted by Gasteiger charge is 2.37. The van der Waals surface area contributed by atoms with Crippen LogP contribution in [0.1, 0.15) is 30.0 Å². The van der Waals surface area contributed by atoms with Crippen LogP contribution in [0.5, 0.6) is 0 Å². The minimum Gasteiger partial charge on any atom is -0.387 e. The molecule has 2 aromatic heterocycles. The average Bonchev–Trinajstić information content (AvgIpc) is 2.73. The Bertz CT molecular complexity index is 1460. The molecule has 0 amide bonds. The average molecular weight is 483 g/mol. The van der Waals surface area contributed by atoms with Crippen LogP contribution >= 0.6 is 0 Å². The number of aromatic nitrogens is 3. The number of aryl methyl sites for hydroxylation is 1. The van der Waals surface area contributed by atoms with Crippen molar-refractivity contribution in [2.75, 3.05) is 12.4 Å². The van der Waals surface area contributed by atoms with Crippen molar-refractivity contribution in [3.8, 4) is 0 Å². The highest BCUT2D eigenvalue weighted by atomic mass is 32.2. The van der Waals surface area contributed by atoms with E-state index in [0.717, 1.165) is 18.3 Å². The Balaban J connectivity index is 1.58. The SMILES string of the molecule is CNc1cc2c(cc1S(=O)(=O)NC1CC(c3cc(C(F)(F)F)ccn3)C1)c(=O)[nH]c(=O)n2C. The Morgan fingerprint density at radius 1 is 1.18 bits per heavy atom. The maximum Gasteiger partial charge on any atom is 0.416 e. The van der Waals surface area contributed by atoms with Crippen LogP contribution in [0.15, 0.2) is 44.9 Å². The Morgan fingerprint density at radius 2 is 1.88 bits per heavy atom. The molecule has 3 aromatic rings. The molecule has 1 fully saturated rings. The van der Waals surface area contributed by atoms with Crippen molar-refractivity contribution in [1.82, 2.24) is 19.3 Å². The number of rotatable bonds is 5. The van der Waals surface area contributed by atoms with E-state index in [9.17, 15) is 31.2 Å². The van der Waals surface area contributed by atoms with Gasteiger partial charge in [-0.05, 0) is 37.1 Å². The molecule has 33 heavy (non-hydrogen) atoms. The van der Waals surface area contributed by atoms with Crippen LogP contribution in [0.4, 0.5) is 18.9 Å². The van der Waals surface area contributed by atoms with E-state index >= 15 is 0 Å². The number of fused-ring (bicyclic) bond motifs is 1. The van der Waals surface area contributed by atoms with Gasteiger partial charge < -0.3 is 5.32 Å². The first-order chi connectivity index (χ1) is 15.4. The van der Waals surface area contributed by atoms with Crippen molar-refractivity contribution in [2.45, 2.75) is 35.9 Å². The third-order valence-corrected chi connectivity index (χ3v) is 7.33. The smallest absolute Gasteiger partial charge is 0.387 e. The molecule has 0 aliphatic heterocycles. The number of nitrogens with one attached hydrogen (secondary N) is 3. The summed E-state index contributed by atoms with van der Waals surface area (Å²) in [5.74, 6) is -0.308. The second-order valence-electron chi connectivity index (χ2n) is 7.89. The fraction of sp³-hybridized carbons (Fsp3) is 0.350. The number of pyridine rings is 1. The molecule has 0 spiro atoms. The van der Waals surface area contributed by atoms with E-state index in [4.69, 9.17) is 0 Å². The second-order valence-corrected chi connectivity index (χ2v) is 9.57. The van der Waals surface area contributed by atoms with Crippen LogP contribution in [0.3, 0.4) is 0 Å². The van der Waals surface area contributed by atoms with Gasteiger partial charge in [0.05, 0.1) is 22.2 Å². The van der Waals surface area contributed by atoms with E-state index in [2.05, 4.69) is 20.0 Å². The number of H-pyrrole nitrogens is 1. The highest BCUT2D eigenvalue weighted by Crippen LogP contribution is 2.39. The summed E-state index contributed by atoms with van der Waals surface area (Å²) in [7, 11) is -1.13. The van der Waals surface area contributed by atoms with Gasteiger partial charge >= 0.3 is 11.9 Å². The Labute approximate surface area is 185 Å². The molecule has 176 valence electrons. The largest absolute Gasteiger partial charge is 0.416 e. The lowest BCUT2D eigenvalue weighted by Gasteiger charge is -2.35. The molecular formula is C20H20F3N5O4S. The number of aromatic amines is 1. The van der Waals surface area contributed by atoms with Crippen molar-refractivity contribution >= 4 is 26.6 Å². The molecular weight excluding hydrogens is 463 g/mol. The van der Waals surface area contributed by atoms with E-state index in [1.807, 2.05) is 0 Å². The molecule has 0 bridgehead atoms. The number of alkyl halides is 3. The fourth-order valence-electron chi connectivity index (χ4n) is 3.89. The molecule has 0 saturated heterocycles. The van der Waals surface area contributed by atoms with Gasteiger partial charge in [-0.1, -0.05) is 0 Å². The molecule has 1 saturated carbocycles. The number of halogens is 3. The van der Waals surface area contributed by atoms with E-state index < -0.39 is 39.1 Å². The van der Waals surface area contributed by atoms with Gasteiger partial charge in [-0.15, -0.1) is 0 Å². The standard InChI is InChI=1S/C20H20F3N5O4S/c1-24-15-9-16-13(18(29)26-19(30)28(16)2)8-17(15)33(31,32)27-12-5-10(6-12)14-7-11(3-4-25-14)20(21,22)23/h3-4,7-10,12,24,27H,5-6H2,1-2H3,(H,26,29,30).